The molecule has 0 unspecified atom stereocenters. The topological polar surface area (TPSA) is 52.4 Å². The molecule has 0 aliphatic carbocycles. The largest absolute Gasteiger partial charge is 0.481 e. The number of ether oxygens (including phenoxy) is 1. The minimum atomic E-state index is -2.66. The summed E-state index contributed by atoms with van der Waals surface area (Å²) in [7, 11) is 0. The third-order valence-corrected chi connectivity index (χ3v) is 2.73. The van der Waals surface area contributed by atoms with Crippen LogP contribution in [0.25, 0.3) is 0 Å². The second-order valence-corrected chi connectivity index (χ2v) is 3.83. The fraction of sp³-hybridized carbons (Fsp3) is 0.333. The van der Waals surface area contributed by atoms with Crippen LogP contribution in [-0.2, 0) is 0 Å². The second kappa shape index (κ2) is 5.20. The third kappa shape index (κ3) is 2.88. The molecule has 0 amide bonds. The van der Waals surface area contributed by atoms with Gasteiger partial charge in [-0.2, -0.15) is 0 Å². The molecule has 0 saturated carbocycles. The molecule has 88 valence electrons. The molecule has 0 bridgehead atoms. The van der Waals surface area contributed by atoms with E-state index in [2.05, 4.69) is 20.7 Å². The zero-order chi connectivity index (χ0) is 12.3. The summed E-state index contributed by atoms with van der Waals surface area (Å²) >= 11 is 3.12. The Morgan fingerprint density at radius 3 is 2.69 bits per heavy atom. The average molecular weight is 296 g/mol. The highest BCUT2D eigenvalue weighted by molar-refractivity contribution is 9.10. The number of halogens is 3. The van der Waals surface area contributed by atoms with Crippen LogP contribution in [0.1, 0.15) is 5.56 Å². The first-order valence-electron chi connectivity index (χ1n) is 4.28. The molecule has 0 aromatic heterocycles. The van der Waals surface area contributed by atoms with Crippen LogP contribution in [0.4, 0.5) is 14.5 Å². The number of nitro benzene ring substituents is 1. The molecular weight excluding hydrogens is 288 g/mol. The van der Waals surface area contributed by atoms with Gasteiger partial charge in [-0.05, 0) is 19.1 Å². The van der Waals surface area contributed by atoms with Gasteiger partial charge in [-0.1, -0.05) is 15.9 Å². The van der Waals surface area contributed by atoms with Crippen molar-refractivity contribution < 1.29 is 18.4 Å². The maximum absolute atomic E-state index is 11.9. The van der Waals surface area contributed by atoms with Crippen molar-refractivity contribution in [2.75, 3.05) is 6.61 Å². The van der Waals surface area contributed by atoms with Gasteiger partial charge in [0.1, 0.15) is 6.61 Å². The first kappa shape index (κ1) is 12.8. The van der Waals surface area contributed by atoms with Gasteiger partial charge in [-0.15, -0.1) is 0 Å². The summed E-state index contributed by atoms with van der Waals surface area (Å²) in [6, 6.07) is 2.81. The van der Waals surface area contributed by atoms with Crippen molar-refractivity contribution in [2.24, 2.45) is 0 Å². The first-order valence-corrected chi connectivity index (χ1v) is 5.07. The molecule has 0 spiro atoms. The number of nitrogens with zero attached hydrogens (tertiary/aromatic N) is 1. The van der Waals surface area contributed by atoms with Crippen LogP contribution in [0.15, 0.2) is 16.6 Å². The molecule has 0 saturated heterocycles. The highest BCUT2D eigenvalue weighted by Crippen LogP contribution is 2.35. The number of hydrogen-bond donors (Lipinski definition) is 0. The lowest BCUT2D eigenvalue weighted by Gasteiger charge is -2.08. The molecule has 16 heavy (non-hydrogen) atoms. The third-order valence-electron chi connectivity index (χ3n) is 1.88. The van der Waals surface area contributed by atoms with Gasteiger partial charge in [0.2, 0.25) is 0 Å². The number of hydrogen-bond acceptors (Lipinski definition) is 3. The van der Waals surface area contributed by atoms with Crippen molar-refractivity contribution in [1.82, 2.24) is 0 Å². The molecule has 0 radical (unpaired) electrons. The zero-order valence-electron chi connectivity index (χ0n) is 8.25. The van der Waals surface area contributed by atoms with E-state index in [4.69, 9.17) is 0 Å². The van der Waals surface area contributed by atoms with Gasteiger partial charge in [0.25, 0.3) is 6.43 Å². The monoisotopic (exact) mass is 295 g/mol. The van der Waals surface area contributed by atoms with Gasteiger partial charge >= 0.3 is 5.69 Å². The smallest absolute Gasteiger partial charge is 0.314 e. The van der Waals surface area contributed by atoms with Gasteiger partial charge in [0, 0.05) is 10.0 Å². The SMILES string of the molecule is Cc1c(Br)ccc(OCC(F)F)c1[N+](=O)[O-]. The van der Waals surface area contributed by atoms with Crippen LogP contribution in [0.3, 0.4) is 0 Å². The summed E-state index contributed by atoms with van der Waals surface area (Å²) in [5.41, 5.74) is 0.0480. The van der Waals surface area contributed by atoms with Crippen molar-refractivity contribution in [1.29, 1.82) is 0 Å². The van der Waals surface area contributed by atoms with Gasteiger partial charge in [0.05, 0.1) is 4.92 Å². The van der Waals surface area contributed by atoms with Gasteiger partial charge in [0.15, 0.2) is 5.75 Å². The van der Waals surface area contributed by atoms with Gasteiger partial charge in [-0.3, -0.25) is 10.1 Å². The number of alkyl halides is 2. The maximum Gasteiger partial charge on any atom is 0.314 e. The van der Waals surface area contributed by atoms with Gasteiger partial charge < -0.3 is 4.74 Å². The maximum atomic E-state index is 11.9. The van der Waals surface area contributed by atoms with Crippen LogP contribution < -0.4 is 4.74 Å². The van der Waals surface area contributed by atoms with Crippen molar-refractivity contribution in [3.05, 3.63) is 32.3 Å². The lowest BCUT2D eigenvalue weighted by Crippen LogP contribution is -2.08. The standard InChI is InChI=1S/C9H8BrF2NO3/c1-5-6(10)2-3-7(9(5)13(14)15)16-4-8(11)12/h2-3,8H,4H2,1H3. The van der Waals surface area contributed by atoms with E-state index in [-0.39, 0.29) is 11.4 Å². The summed E-state index contributed by atoms with van der Waals surface area (Å²) in [5, 5.41) is 10.8. The summed E-state index contributed by atoms with van der Waals surface area (Å²) in [6.07, 6.45) is -2.66. The molecule has 0 aliphatic heterocycles. The van der Waals surface area contributed by atoms with Crippen LogP contribution >= 0.6 is 15.9 Å². The van der Waals surface area contributed by atoms with E-state index in [0.29, 0.717) is 10.0 Å². The Hall–Kier alpha value is -1.24. The Bertz CT molecular complexity index is 412. The van der Waals surface area contributed by atoms with Crippen molar-refractivity contribution in [2.45, 2.75) is 13.3 Å². The number of rotatable bonds is 4. The van der Waals surface area contributed by atoms with Crippen molar-refractivity contribution in [3.63, 3.8) is 0 Å². The van der Waals surface area contributed by atoms with Crippen LogP contribution in [0, 0.1) is 17.0 Å². The number of benzene rings is 1. The normalized spacial score (nSPS) is 10.6. The Morgan fingerprint density at radius 1 is 1.56 bits per heavy atom. The van der Waals surface area contributed by atoms with Crippen LogP contribution in [-0.4, -0.2) is 18.0 Å². The fourth-order valence-corrected chi connectivity index (χ4v) is 1.47. The van der Waals surface area contributed by atoms with Crippen molar-refractivity contribution in [3.8, 4) is 5.75 Å². The molecule has 0 N–H and O–H groups in total. The van der Waals surface area contributed by atoms with E-state index < -0.39 is 18.0 Å². The Balaban J connectivity index is 3.08. The van der Waals surface area contributed by atoms with E-state index in [0.717, 1.165) is 0 Å². The Labute approximate surface area is 98.5 Å². The Kier molecular flexibility index (Phi) is 4.17. The molecule has 0 fully saturated rings. The van der Waals surface area contributed by atoms with E-state index >= 15 is 0 Å². The minimum absolute atomic E-state index is 0.147. The second-order valence-electron chi connectivity index (χ2n) is 2.98. The summed E-state index contributed by atoms with van der Waals surface area (Å²) < 4.78 is 29.1. The molecule has 4 nitrogen and oxygen atoms in total. The number of nitro groups is 1. The molecule has 0 atom stereocenters. The highest BCUT2D eigenvalue weighted by Gasteiger charge is 2.21. The fourth-order valence-electron chi connectivity index (χ4n) is 1.15. The minimum Gasteiger partial charge on any atom is -0.481 e. The molecule has 1 aromatic rings. The molecule has 1 aromatic carbocycles. The first-order chi connectivity index (χ1) is 7.43. The van der Waals surface area contributed by atoms with Crippen LogP contribution in [0.5, 0.6) is 5.75 Å². The van der Waals surface area contributed by atoms with E-state index in [1.165, 1.54) is 19.1 Å². The van der Waals surface area contributed by atoms with Crippen LogP contribution in [0.2, 0.25) is 0 Å². The zero-order valence-corrected chi connectivity index (χ0v) is 9.83. The highest BCUT2D eigenvalue weighted by atomic mass is 79.9. The van der Waals surface area contributed by atoms with Crippen molar-refractivity contribution >= 4 is 21.6 Å². The summed E-state index contributed by atoms with van der Waals surface area (Å²) in [6.45, 7) is 0.652. The predicted molar refractivity (Wildman–Crippen MR) is 57.0 cm³/mol. The summed E-state index contributed by atoms with van der Waals surface area (Å²) in [5.74, 6) is -0.147. The lowest BCUT2D eigenvalue weighted by atomic mass is 10.2. The Morgan fingerprint density at radius 2 is 2.19 bits per heavy atom. The molecule has 7 heteroatoms. The average Bonchev–Trinajstić information content (AvgIpc) is 2.19. The van der Waals surface area contributed by atoms with Gasteiger partial charge in [-0.25, -0.2) is 8.78 Å². The predicted octanol–water partition coefficient (Wildman–Crippen LogP) is 3.31. The summed E-state index contributed by atoms with van der Waals surface area (Å²) in [4.78, 5) is 10.1. The molecular formula is C9H8BrF2NO3. The molecule has 0 aliphatic rings. The van der Waals surface area contributed by atoms with E-state index in [1.54, 1.807) is 0 Å². The quantitative estimate of drug-likeness (QED) is 0.632. The molecule has 1 rings (SSSR count). The molecule has 0 heterocycles. The van der Waals surface area contributed by atoms with E-state index in [1.807, 2.05) is 0 Å². The van der Waals surface area contributed by atoms with E-state index in [9.17, 15) is 18.9 Å². The lowest BCUT2D eigenvalue weighted by molar-refractivity contribution is -0.386.